The number of cyclic esters (lactones) is 1. The number of benzene rings is 2. The first-order chi connectivity index (χ1) is 14.0. The predicted octanol–water partition coefficient (Wildman–Crippen LogP) is 3.96. The lowest BCUT2D eigenvalue weighted by atomic mass is 10.1. The van der Waals surface area contributed by atoms with E-state index in [9.17, 15) is 9.59 Å². The second-order valence-electron chi connectivity index (χ2n) is 6.71. The summed E-state index contributed by atoms with van der Waals surface area (Å²) in [6.07, 6.45) is 2.26. The monoisotopic (exact) mass is 426 g/mol. The molecule has 2 aliphatic rings. The zero-order chi connectivity index (χ0) is 20.4. The van der Waals surface area contributed by atoms with Gasteiger partial charge in [-0.25, -0.2) is 4.79 Å². The van der Waals surface area contributed by atoms with Gasteiger partial charge in [-0.15, -0.1) is 0 Å². The Morgan fingerprint density at radius 2 is 1.83 bits per heavy atom. The summed E-state index contributed by atoms with van der Waals surface area (Å²) in [4.78, 5) is 25.4. The molecule has 0 saturated carbocycles. The highest BCUT2D eigenvalue weighted by molar-refractivity contribution is 8.26. The van der Waals surface area contributed by atoms with Crippen LogP contribution < -0.4 is 10.1 Å². The second kappa shape index (κ2) is 8.26. The van der Waals surface area contributed by atoms with Crippen LogP contribution in [0, 0.1) is 0 Å². The number of thiocarbonyl (C=S) groups is 1. The Labute approximate surface area is 177 Å². The van der Waals surface area contributed by atoms with Crippen molar-refractivity contribution in [1.82, 2.24) is 10.2 Å². The van der Waals surface area contributed by atoms with Gasteiger partial charge in [0.2, 0.25) is 0 Å². The maximum atomic E-state index is 11.7. The summed E-state index contributed by atoms with van der Waals surface area (Å²) in [5.41, 5.74) is 2.01. The largest absolute Gasteiger partial charge is 0.457 e. The average Bonchev–Trinajstić information content (AvgIpc) is 3.19. The first-order valence-corrected chi connectivity index (χ1v) is 10.2. The molecule has 0 spiro atoms. The van der Waals surface area contributed by atoms with Crippen LogP contribution in [0.25, 0.3) is 6.08 Å². The van der Waals surface area contributed by atoms with Crippen LogP contribution in [0.1, 0.15) is 11.1 Å². The van der Waals surface area contributed by atoms with Crippen LogP contribution >= 0.6 is 24.0 Å². The molecule has 2 aromatic carbocycles. The fourth-order valence-corrected chi connectivity index (χ4v) is 4.08. The van der Waals surface area contributed by atoms with Gasteiger partial charge in [-0.05, 0) is 47.9 Å². The molecule has 0 aliphatic carbocycles. The Morgan fingerprint density at radius 3 is 2.38 bits per heavy atom. The smallest absolute Gasteiger partial charge is 0.409 e. The Morgan fingerprint density at radius 1 is 1.17 bits per heavy atom. The van der Waals surface area contributed by atoms with Crippen molar-refractivity contribution in [1.29, 1.82) is 0 Å². The molecule has 2 amide bonds. The highest BCUT2D eigenvalue weighted by atomic mass is 32.2. The number of hydrogen-bond donors (Lipinski definition) is 1. The summed E-state index contributed by atoms with van der Waals surface area (Å²) < 4.78 is 11.4. The number of thioether (sulfide) groups is 1. The molecule has 2 aliphatic heterocycles. The average molecular weight is 427 g/mol. The number of hydrogen-bond acceptors (Lipinski definition) is 6. The van der Waals surface area contributed by atoms with Gasteiger partial charge in [0.1, 0.15) is 22.4 Å². The summed E-state index contributed by atoms with van der Waals surface area (Å²) in [6, 6.07) is 15.3. The van der Waals surface area contributed by atoms with E-state index >= 15 is 0 Å². The van der Waals surface area contributed by atoms with E-state index < -0.39 is 0 Å². The van der Waals surface area contributed by atoms with E-state index in [-0.39, 0.29) is 18.0 Å². The van der Waals surface area contributed by atoms with E-state index in [0.29, 0.717) is 21.6 Å². The highest BCUT2D eigenvalue weighted by Crippen LogP contribution is 2.27. The van der Waals surface area contributed by atoms with Gasteiger partial charge in [-0.1, -0.05) is 48.2 Å². The van der Waals surface area contributed by atoms with E-state index in [2.05, 4.69) is 5.32 Å². The van der Waals surface area contributed by atoms with E-state index in [1.54, 1.807) is 18.0 Å². The molecule has 1 unspecified atom stereocenters. The van der Waals surface area contributed by atoms with Crippen molar-refractivity contribution in [2.75, 3.05) is 13.7 Å². The van der Waals surface area contributed by atoms with Gasteiger partial charge in [0.15, 0.2) is 0 Å². The third kappa shape index (κ3) is 4.60. The maximum absolute atomic E-state index is 11.7. The van der Waals surface area contributed by atoms with Crippen molar-refractivity contribution in [3.63, 3.8) is 0 Å². The van der Waals surface area contributed by atoms with Crippen molar-refractivity contribution in [3.05, 3.63) is 64.6 Å². The molecule has 148 valence electrons. The molecular formula is C21H18N2O4S2. The molecule has 29 heavy (non-hydrogen) atoms. The van der Waals surface area contributed by atoms with E-state index in [1.165, 1.54) is 11.8 Å². The molecule has 2 fully saturated rings. The molecule has 2 aromatic rings. The molecule has 8 heteroatoms. The molecule has 4 rings (SSSR count). The number of carbonyl (C=O) groups excluding carboxylic acids is 2. The van der Waals surface area contributed by atoms with Gasteiger partial charge in [-0.3, -0.25) is 4.79 Å². The van der Waals surface area contributed by atoms with Crippen LogP contribution in [-0.2, 0) is 16.0 Å². The topological polar surface area (TPSA) is 67.9 Å². The number of amides is 2. The van der Waals surface area contributed by atoms with Crippen molar-refractivity contribution in [2.24, 2.45) is 0 Å². The zero-order valence-electron chi connectivity index (χ0n) is 15.6. The Kier molecular flexibility index (Phi) is 5.55. The van der Waals surface area contributed by atoms with Gasteiger partial charge in [-0.2, -0.15) is 0 Å². The number of nitrogens with zero attached hydrogens (tertiary/aromatic N) is 1. The van der Waals surface area contributed by atoms with E-state index in [0.717, 1.165) is 23.3 Å². The molecular weight excluding hydrogens is 408 g/mol. The number of ether oxygens (including phenoxy) is 2. The molecule has 1 N–H and O–H groups in total. The molecule has 6 nitrogen and oxygen atoms in total. The van der Waals surface area contributed by atoms with Crippen LogP contribution in [-0.4, -0.2) is 40.9 Å². The van der Waals surface area contributed by atoms with Gasteiger partial charge in [0.25, 0.3) is 5.91 Å². The minimum absolute atomic E-state index is 0.0606. The van der Waals surface area contributed by atoms with Crippen LogP contribution in [0.4, 0.5) is 4.79 Å². The molecule has 2 saturated heterocycles. The molecule has 2 heterocycles. The summed E-state index contributed by atoms with van der Waals surface area (Å²) in [6.45, 7) is 0.419. The Bertz CT molecular complexity index is 987. The first-order valence-electron chi connectivity index (χ1n) is 8.99. The summed E-state index contributed by atoms with van der Waals surface area (Å²) in [5.74, 6) is 1.26. The van der Waals surface area contributed by atoms with Crippen molar-refractivity contribution in [3.8, 4) is 11.5 Å². The summed E-state index contributed by atoms with van der Waals surface area (Å²) in [5, 5.41) is 2.60. The van der Waals surface area contributed by atoms with Crippen molar-refractivity contribution >= 4 is 46.4 Å². The number of nitrogens with one attached hydrogen (secondary N) is 1. The standard InChI is InChI=1S/C21H18N2O4S2/c1-23-15(12-26-21(23)25)10-13-2-6-16(7-3-13)27-17-8-4-14(5-9-17)11-18-19(24)22-20(28)29-18/h2-9,11,15H,10,12H2,1H3,(H,22,24,28)/b18-11-. The first kappa shape index (κ1) is 19.5. The molecule has 1 atom stereocenters. The Balaban J connectivity index is 1.37. The fourth-order valence-electron chi connectivity index (χ4n) is 3.03. The van der Waals surface area contributed by atoms with E-state index in [4.69, 9.17) is 21.7 Å². The molecule has 0 aromatic heterocycles. The third-order valence-corrected chi connectivity index (χ3v) is 5.85. The number of likely N-dealkylation sites (N-methyl/N-ethyl adjacent to an activating group) is 1. The van der Waals surface area contributed by atoms with Gasteiger partial charge in [0.05, 0.1) is 10.9 Å². The minimum atomic E-state index is -0.274. The highest BCUT2D eigenvalue weighted by Gasteiger charge is 2.29. The third-order valence-electron chi connectivity index (χ3n) is 4.69. The minimum Gasteiger partial charge on any atom is -0.457 e. The number of carbonyl (C=O) groups is 2. The molecule has 0 bridgehead atoms. The van der Waals surface area contributed by atoms with Gasteiger partial charge in [0, 0.05) is 7.05 Å². The second-order valence-corrected chi connectivity index (χ2v) is 8.43. The van der Waals surface area contributed by atoms with Crippen LogP contribution in [0.5, 0.6) is 11.5 Å². The quantitative estimate of drug-likeness (QED) is 0.577. The Hall–Kier alpha value is -2.84. The molecule has 0 radical (unpaired) electrons. The fraction of sp³-hybridized carbons (Fsp3) is 0.190. The van der Waals surface area contributed by atoms with Gasteiger partial charge >= 0.3 is 6.09 Å². The number of rotatable bonds is 5. The van der Waals surface area contributed by atoms with Gasteiger partial charge < -0.3 is 19.7 Å². The summed E-state index contributed by atoms with van der Waals surface area (Å²) >= 11 is 6.25. The lowest BCUT2D eigenvalue weighted by molar-refractivity contribution is -0.115. The van der Waals surface area contributed by atoms with Crippen LogP contribution in [0.15, 0.2) is 53.4 Å². The SMILES string of the molecule is CN1C(=O)OCC1Cc1ccc(Oc2ccc(/C=C3\SC(=S)NC3=O)cc2)cc1. The van der Waals surface area contributed by atoms with Crippen molar-refractivity contribution in [2.45, 2.75) is 12.5 Å². The zero-order valence-corrected chi connectivity index (χ0v) is 17.2. The van der Waals surface area contributed by atoms with E-state index in [1.807, 2.05) is 48.5 Å². The normalized spacial score (nSPS) is 20.2. The summed E-state index contributed by atoms with van der Waals surface area (Å²) in [7, 11) is 1.75. The lowest BCUT2D eigenvalue weighted by Gasteiger charge is -2.16. The van der Waals surface area contributed by atoms with Crippen LogP contribution in [0.3, 0.4) is 0 Å². The maximum Gasteiger partial charge on any atom is 0.409 e. The lowest BCUT2D eigenvalue weighted by Crippen LogP contribution is -2.30. The predicted molar refractivity (Wildman–Crippen MR) is 116 cm³/mol. The van der Waals surface area contributed by atoms with Crippen LogP contribution in [0.2, 0.25) is 0 Å². The van der Waals surface area contributed by atoms with Crippen molar-refractivity contribution < 1.29 is 19.1 Å².